The third-order valence-corrected chi connectivity index (χ3v) is 3.53. The van der Waals surface area contributed by atoms with Crippen molar-refractivity contribution in [3.63, 3.8) is 0 Å². The minimum Gasteiger partial charge on any atom is -0.285 e. The van der Waals surface area contributed by atoms with Crippen molar-refractivity contribution in [2.24, 2.45) is 0 Å². The zero-order valence-corrected chi connectivity index (χ0v) is 9.28. The second-order valence-electron chi connectivity index (χ2n) is 3.75. The van der Waals surface area contributed by atoms with E-state index in [1.807, 2.05) is 20.2 Å². The van der Waals surface area contributed by atoms with E-state index in [9.17, 15) is 4.79 Å². The summed E-state index contributed by atoms with van der Waals surface area (Å²) >= 11 is 1.63. The second-order valence-corrected chi connectivity index (χ2v) is 4.88. The van der Waals surface area contributed by atoms with Crippen LogP contribution in [-0.4, -0.2) is 25.0 Å². The van der Waals surface area contributed by atoms with Crippen molar-refractivity contribution in [1.29, 1.82) is 0 Å². The fraction of sp³-hybridized carbons (Fsp3) is 0.500. The lowest BCUT2D eigenvalue weighted by Crippen LogP contribution is -2.35. The Morgan fingerprint density at radius 1 is 1.50 bits per heavy atom. The van der Waals surface area contributed by atoms with Gasteiger partial charge in [-0.15, -0.1) is 11.3 Å². The van der Waals surface area contributed by atoms with Crippen molar-refractivity contribution in [3.8, 4) is 0 Å². The summed E-state index contributed by atoms with van der Waals surface area (Å²) in [5.41, 5.74) is 4.13. The van der Waals surface area contributed by atoms with Crippen LogP contribution in [0.25, 0.3) is 0 Å². The lowest BCUT2D eigenvalue weighted by Gasteiger charge is -2.10. The molecule has 0 aromatic carbocycles. The lowest BCUT2D eigenvalue weighted by atomic mass is 10.2. The number of amides is 1. The molecule has 14 heavy (non-hydrogen) atoms. The van der Waals surface area contributed by atoms with E-state index in [0.717, 1.165) is 17.7 Å². The SMILES string of the molecule is CN(C)NC(=O)c1cc2c(s1)CCC2. The van der Waals surface area contributed by atoms with Gasteiger partial charge in [0.2, 0.25) is 0 Å². The molecular weight excluding hydrogens is 196 g/mol. The number of nitrogens with one attached hydrogen (secondary N) is 1. The minimum atomic E-state index is 0.00870. The van der Waals surface area contributed by atoms with Gasteiger partial charge in [0.25, 0.3) is 5.91 Å². The van der Waals surface area contributed by atoms with E-state index in [2.05, 4.69) is 5.43 Å². The monoisotopic (exact) mass is 210 g/mol. The summed E-state index contributed by atoms with van der Waals surface area (Å²) in [6.45, 7) is 0. The first kappa shape index (κ1) is 9.68. The molecule has 0 atom stereocenters. The van der Waals surface area contributed by atoms with Crippen molar-refractivity contribution in [2.75, 3.05) is 14.1 Å². The molecule has 0 unspecified atom stereocenters. The number of thiophene rings is 1. The van der Waals surface area contributed by atoms with Crippen molar-refractivity contribution in [3.05, 3.63) is 21.4 Å². The van der Waals surface area contributed by atoms with Crippen LogP contribution in [0.15, 0.2) is 6.07 Å². The number of hydrogen-bond acceptors (Lipinski definition) is 3. The first-order valence-corrected chi connectivity index (χ1v) is 5.58. The van der Waals surface area contributed by atoms with Gasteiger partial charge in [-0.25, -0.2) is 5.01 Å². The van der Waals surface area contributed by atoms with Gasteiger partial charge in [0.15, 0.2) is 0 Å². The first-order valence-electron chi connectivity index (χ1n) is 4.76. The summed E-state index contributed by atoms with van der Waals surface area (Å²) in [7, 11) is 3.64. The molecule has 1 aromatic heterocycles. The maximum Gasteiger partial charge on any atom is 0.275 e. The van der Waals surface area contributed by atoms with Gasteiger partial charge in [0.05, 0.1) is 4.88 Å². The Hall–Kier alpha value is -0.870. The number of rotatable bonds is 2. The van der Waals surface area contributed by atoms with Crippen molar-refractivity contribution >= 4 is 17.2 Å². The summed E-state index contributed by atoms with van der Waals surface area (Å²) in [5, 5.41) is 1.67. The predicted molar refractivity (Wildman–Crippen MR) is 57.5 cm³/mol. The molecule has 76 valence electrons. The number of carbonyl (C=O) groups is 1. The third kappa shape index (κ3) is 1.81. The van der Waals surface area contributed by atoms with Crippen LogP contribution in [0.2, 0.25) is 0 Å². The van der Waals surface area contributed by atoms with Gasteiger partial charge < -0.3 is 0 Å². The molecule has 0 bridgehead atoms. The maximum absolute atomic E-state index is 11.6. The second kappa shape index (κ2) is 3.71. The van der Waals surface area contributed by atoms with Crippen LogP contribution in [0.3, 0.4) is 0 Å². The molecular formula is C10H14N2OS. The predicted octanol–water partition coefficient (Wildman–Crippen LogP) is 1.44. The third-order valence-electron chi connectivity index (χ3n) is 2.30. The molecule has 1 N–H and O–H groups in total. The average molecular weight is 210 g/mol. The molecule has 4 heteroatoms. The Bertz CT molecular complexity index is 336. The van der Waals surface area contributed by atoms with Gasteiger partial charge in [-0.05, 0) is 30.9 Å². The number of hydrogen-bond donors (Lipinski definition) is 1. The van der Waals surface area contributed by atoms with Gasteiger partial charge in [-0.3, -0.25) is 10.2 Å². The molecule has 2 rings (SSSR count). The Labute approximate surface area is 87.7 Å². The summed E-state index contributed by atoms with van der Waals surface area (Å²) in [6.07, 6.45) is 3.53. The molecule has 0 aliphatic heterocycles. The van der Waals surface area contributed by atoms with E-state index in [1.54, 1.807) is 16.3 Å². The Morgan fingerprint density at radius 3 is 2.93 bits per heavy atom. The highest BCUT2D eigenvalue weighted by atomic mass is 32.1. The van der Waals surface area contributed by atoms with Crippen molar-refractivity contribution < 1.29 is 4.79 Å². The van der Waals surface area contributed by atoms with Crippen molar-refractivity contribution in [2.45, 2.75) is 19.3 Å². The number of nitrogens with zero attached hydrogens (tertiary/aromatic N) is 1. The molecule has 1 aromatic rings. The molecule has 1 amide bonds. The smallest absolute Gasteiger partial charge is 0.275 e. The number of hydrazine groups is 1. The van der Waals surface area contributed by atoms with Crippen LogP contribution in [0.1, 0.15) is 26.5 Å². The van der Waals surface area contributed by atoms with Gasteiger partial charge in [0, 0.05) is 19.0 Å². The summed E-state index contributed by atoms with van der Waals surface area (Å²) in [5.74, 6) is 0.00870. The first-order chi connectivity index (χ1) is 6.66. The fourth-order valence-electron chi connectivity index (χ4n) is 1.70. The van der Waals surface area contributed by atoms with Crippen LogP contribution in [0, 0.1) is 0 Å². The van der Waals surface area contributed by atoms with E-state index < -0.39 is 0 Å². The van der Waals surface area contributed by atoms with E-state index in [1.165, 1.54) is 16.9 Å². The topological polar surface area (TPSA) is 32.3 Å². The van der Waals surface area contributed by atoms with Crippen molar-refractivity contribution in [1.82, 2.24) is 10.4 Å². The summed E-state index contributed by atoms with van der Waals surface area (Å²) in [4.78, 5) is 13.9. The van der Waals surface area contributed by atoms with E-state index >= 15 is 0 Å². The van der Waals surface area contributed by atoms with Crippen LogP contribution >= 0.6 is 11.3 Å². The largest absolute Gasteiger partial charge is 0.285 e. The quantitative estimate of drug-likeness (QED) is 0.749. The summed E-state index contributed by atoms with van der Waals surface area (Å²) < 4.78 is 0. The van der Waals surface area contributed by atoms with Crippen LogP contribution in [0.5, 0.6) is 0 Å². The zero-order chi connectivity index (χ0) is 10.1. The Morgan fingerprint density at radius 2 is 2.29 bits per heavy atom. The minimum absolute atomic E-state index is 0.00870. The highest BCUT2D eigenvalue weighted by Gasteiger charge is 2.18. The highest BCUT2D eigenvalue weighted by Crippen LogP contribution is 2.30. The number of aryl methyl sites for hydroxylation is 2. The van der Waals surface area contributed by atoms with Gasteiger partial charge in [0.1, 0.15) is 0 Å². The molecule has 1 aliphatic rings. The zero-order valence-electron chi connectivity index (χ0n) is 8.46. The fourth-order valence-corrected chi connectivity index (χ4v) is 2.84. The van der Waals surface area contributed by atoms with E-state index in [-0.39, 0.29) is 5.91 Å². The van der Waals surface area contributed by atoms with Crippen LogP contribution in [-0.2, 0) is 12.8 Å². The molecule has 3 nitrogen and oxygen atoms in total. The molecule has 0 saturated carbocycles. The number of carbonyl (C=O) groups excluding carboxylic acids is 1. The van der Waals surface area contributed by atoms with Gasteiger partial charge in [-0.1, -0.05) is 0 Å². The maximum atomic E-state index is 11.6. The van der Waals surface area contributed by atoms with E-state index in [4.69, 9.17) is 0 Å². The van der Waals surface area contributed by atoms with Crippen LogP contribution < -0.4 is 5.43 Å². The Kier molecular flexibility index (Phi) is 2.56. The molecule has 0 spiro atoms. The normalized spacial score (nSPS) is 14.5. The summed E-state index contributed by atoms with van der Waals surface area (Å²) in [6, 6.07) is 2.03. The molecule has 0 fully saturated rings. The number of fused-ring (bicyclic) bond motifs is 1. The molecule has 1 heterocycles. The standard InChI is InChI=1S/C10H14N2OS/c1-12(2)11-10(13)9-6-7-4-3-5-8(7)14-9/h6H,3-5H2,1-2H3,(H,11,13). The molecule has 1 aliphatic carbocycles. The Balaban J connectivity index is 2.13. The van der Waals surface area contributed by atoms with Crippen LogP contribution in [0.4, 0.5) is 0 Å². The highest BCUT2D eigenvalue weighted by molar-refractivity contribution is 7.14. The van der Waals surface area contributed by atoms with Gasteiger partial charge >= 0.3 is 0 Å². The molecule has 0 saturated heterocycles. The van der Waals surface area contributed by atoms with Gasteiger partial charge in [-0.2, -0.15) is 0 Å². The molecule has 0 radical (unpaired) electrons. The lowest BCUT2D eigenvalue weighted by molar-refractivity contribution is 0.0861. The average Bonchev–Trinajstić information content (AvgIpc) is 2.58. The van der Waals surface area contributed by atoms with E-state index in [0.29, 0.717) is 0 Å².